The number of anilines is 1. The van der Waals surface area contributed by atoms with E-state index in [0.717, 1.165) is 17.3 Å². The fourth-order valence-corrected chi connectivity index (χ4v) is 3.47. The number of rotatable bonds is 2. The number of nitrogens with zero attached hydrogens (tertiary/aromatic N) is 2. The Labute approximate surface area is 127 Å². The van der Waals surface area contributed by atoms with E-state index in [9.17, 15) is 0 Å². The molecule has 3 nitrogen and oxygen atoms in total. The number of benzene rings is 1. The summed E-state index contributed by atoms with van der Waals surface area (Å²) in [5.74, 6) is 2.19. The number of hydrogen-bond acceptors (Lipinski definition) is 2. The molecule has 2 aromatic rings. The Kier molecular flexibility index (Phi) is 3.75. The van der Waals surface area contributed by atoms with Gasteiger partial charge in [-0.1, -0.05) is 49.6 Å². The van der Waals surface area contributed by atoms with E-state index in [0.29, 0.717) is 5.92 Å². The van der Waals surface area contributed by atoms with Gasteiger partial charge in [0.25, 0.3) is 0 Å². The maximum Gasteiger partial charge on any atom is 0.129 e. The van der Waals surface area contributed by atoms with E-state index >= 15 is 0 Å². The molecule has 0 saturated heterocycles. The highest BCUT2D eigenvalue weighted by Crippen LogP contribution is 2.41. The lowest BCUT2D eigenvalue weighted by Crippen LogP contribution is -2.12. The molecular weight excluding hydrogens is 258 g/mol. The van der Waals surface area contributed by atoms with E-state index in [-0.39, 0.29) is 0 Å². The van der Waals surface area contributed by atoms with Gasteiger partial charge in [0, 0.05) is 18.5 Å². The predicted octanol–water partition coefficient (Wildman–Crippen LogP) is 4.27. The molecule has 0 spiro atoms. The van der Waals surface area contributed by atoms with Crippen LogP contribution >= 0.6 is 0 Å². The van der Waals surface area contributed by atoms with E-state index in [1.165, 1.54) is 42.5 Å². The first-order valence-electron chi connectivity index (χ1n) is 7.95. The van der Waals surface area contributed by atoms with Crippen molar-refractivity contribution in [3.05, 3.63) is 35.5 Å². The summed E-state index contributed by atoms with van der Waals surface area (Å²) in [5.41, 5.74) is 11.1. The molecule has 1 aliphatic rings. The van der Waals surface area contributed by atoms with Gasteiger partial charge in [-0.3, -0.25) is 4.68 Å². The number of nitrogens with two attached hydrogens (primary N) is 1. The third-order valence-electron chi connectivity index (χ3n) is 4.83. The Bertz CT molecular complexity index is 634. The van der Waals surface area contributed by atoms with Gasteiger partial charge in [-0.05, 0) is 31.2 Å². The molecule has 21 heavy (non-hydrogen) atoms. The summed E-state index contributed by atoms with van der Waals surface area (Å²) >= 11 is 0. The third-order valence-corrected chi connectivity index (χ3v) is 4.83. The molecule has 1 aliphatic carbocycles. The fraction of sp³-hybridized carbons (Fsp3) is 0.500. The second-order valence-corrected chi connectivity index (χ2v) is 6.60. The monoisotopic (exact) mass is 283 g/mol. The zero-order chi connectivity index (χ0) is 15.0. The zero-order valence-electron chi connectivity index (χ0n) is 13.3. The second-order valence-electron chi connectivity index (χ2n) is 6.60. The van der Waals surface area contributed by atoms with E-state index in [2.05, 4.69) is 38.1 Å². The zero-order valence-corrected chi connectivity index (χ0v) is 13.3. The van der Waals surface area contributed by atoms with Gasteiger partial charge in [-0.15, -0.1) is 0 Å². The molecule has 0 bridgehead atoms. The molecule has 0 atom stereocenters. The van der Waals surface area contributed by atoms with Crippen molar-refractivity contribution in [1.29, 1.82) is 0 Å². The summed E-state index contributed by atoms with van der Waals surface area (Å²) in [6.07, 6.45) is 5.07. The standard InChI is InChI=1S/C18H25N3/c1-12-7-9-14(10-8-12)17-16(18(19)21(3)20-17)15-6-4-5-13(2)11-15/h4-6,11-12,14H,7-10,19H2,1-3H3. The van der Waals surface area contributed by atoms with Crippen molar-refractivity contribution in [2.45, 2.75) is 45.4 Å². The van der Waals surface area contributed by atoms with Crippen LogP contribution in [0.25, 0.3) is 11.1 Å². The van der Waals surface area contributed by atoms with Gasteiger partial charge in [0.15, 0.2) is 0 Å². The van der Waals surface area contributed by atoms with Crippen molar-refractivity contribution in [2.75, 3.05) is 5.73 Å². The van der Waals surface area contributed by atoms with Crippen LogP contribution in [0.1, 0.15) is 49.8 Å². The summed E-state index contributed by atoms with van der Waals surface area (Å²) < 4.78 is 1.84. The summed E-state index contributed by atoms with van der Waals surface area (Å²) in [7, 11) is 1.95. The molecule has 0 amide bonds. The van der Waals surface area contributed by atoms with Gasteiger partial charge in [0.2, 0.25) is 0 Å². The van der Waals surface area contributed by atoms with Gasteiger partial charge in [-0.25, -0.2) is 0 Å². The Hall–Kier alpha value is -1.77. The predicted molar refractivity (Wildman–Crippen MR) is 88.2 cm³/mol. The Balaban J connectivity index is 2.03. The van der Waals surface area contributed by atoms with Crippen molar-refractivity contribution >= 4 is 5.82 Å². The molecule has 112 valence electrons. The van der Waals surface area contributed by atoms with E-state index in [1.54, 1.807) is 0 Å². The lowest BCUT2D eigenvalue weighted by atomic mass is 9.80. The summed E-state index contributed by atoms with van der Waals surface area (Å²) in [6, 6.07) is 8.58. The molecule has 0 unspecified atom stereocenters. The Morgan fingerprint density at radius 1 is 1.19 bits per heavy atom. The largest absolute Gasteiger partial charge is 0.383 e. The smallest absolute Gasteiger partial charge is 0.129 e. The van der Waals surface area contributed by atoms with Crippen molar-refractivity contribution < 1.29 is 0 Å². The van der Waals surface area contributed by atoms with Crippen molar-refractivity contribution in [1.82, 2.24) is 9.78 Å². The highest BCUT2D eigenvalue weighted by Gasteiger charge is 2.26. The summed E-state index contributed by atoms with van der Waals surface area (Å²) in [6.45, 7) is 4.47. The SMILES string of the molecule is Cc1cccc(-c2c(C3CCC(C)CC3)nn(C)c2N)c1. The van der Waals surface area contributed by atoms with Crippen molar-refractivity contribution in [2.24, 2.45) is 13.0 Å². The van der Waals surface area contributed by atoms with Crippen LogP contribution in [-0.2, 0) is 7.05 Å². The highest BCUT2D eigenvalue weighted by atomic mass is 15.3. The minimum atomic E-state index is 0.556. The van der Waals surface area contributed by atoms with Crippen LogP contribution in [0, 0.1) is 12.8 Å². The van der Waals surface area contributed by atoms with Crippen LogP contribution in [0.2, 0.25) is 0 Å². The highest BCUT2D eigenvalue weighted by molar-refractivity contribution is 5.77. The summed E-state index contributed by atoms with van der Waals surface area (Å²) in [5, 5.41) is 4.76. The number of nitrogen functional groups attached to an aromatic ring is 1. The minimum Gasteiger partial charge on any atom is -0.383 e. The third kappa shape index (κ3) is 2.69. The minimum absolute atomic E-state index is 0.556. The van der Waals surface area contributed by atoms with E-state index < -0.39 is 0 Å². The molecule has 3 heteroatoms. The Morgan fingerprint density at radius 2 is 1.90 bits per heavy atom. The van der Waals surface area contributed by atoms with Crippen LogP contribution in [0.3, 0.4) is 0 Å². The van der Waals surface area contributed by atoms with Gasteiger partial charge in [0.1, 0.15) is 5.82 Å². The molecular formula is C18H25N3. The van der Waals surface area contributed by atoms with Crippen LogP contribution in [0.4, 0.5) is 5.82 Å². The maximum absolute atomic E-state index is 6.32. The fourth-order valence-electron chi connectivity index (χ4n) is 3.47. The topological polar surface area (TPSA) is 43.8 Å². The molecule has 1 fully saturated rings. The maximum atomic E-state index is 6.32. The molecule has 1 heterocycles. The quantitative estimate of drug-likeness (QED) is 0.894. The number of hydrogen-bond donors (Lipinski definition) is 1. The first-order chi connectivity index (χ1) is 10.1. The summed E-state index contributed by atoms with van der Waals surface area (Å²) in [4.78, 5) is 0. The molecule has 1 aromatic heterocycles. The van der Waals surface area contributed by atoms with Crippen LogP contribution in [0.5, 0.6) is 0 Å². The molecule has 0 aliphatic heterocycles. The van der Waals surface area contributed by atoms with Gasteiger partial charge in [0.05, 0.1) is 5.69 Å². The molecule has 3 rings (SSSR count). The first-order valence-corrected chi connectivity index (χ1v) is 7.95. The van der Waals surface area contributed by atoms with Gasteiger partial charge in [-0.2, -0.15) is 5.10 Å². The van der Waals surface area contributed by atoms with E-state index in [4.69, 9.17) is 10.8 Å². The lowest BCUT2D eigenvalue weighted by molar-refractivity contribution is 0.343. The number of aromatic nitrogens is 2. The van der Waals surface area contributed by atoms with E-state index in [1.807, 2.05) is 11.7 Å². The lowest BCUT2D eigenvalue weighted by Gasteiger charge is -2.25. The van der Waals surface area contributed by atoms with Crippen molar-refractivity contribution in [3.8, 4) is 11.1 Å². The van der Waals surface area contributed by atoms with Crippen LogP contribution in [-0.4, -0.2) is 9.78 Å². The molecule has 2 N–H and O–H groups in total. The first kappa shape index (κ1) is 14.2. The van der Waals surface area contributed by atoms with Gasteiger partial charge < -0.3 is 5.73 Å². The van der Waals surface area contributed by atoms with Crippen LogP contribution in [0.15, 0.2) is 24.3 Å². The molecule has 0 radical (unpaired) electrons. The molecule has 1 aromatic carbocycles. The second kappa shape index (κ2) is 5.55. The average Bonchev–Trinajstić information content (AvgIpc) is 2.76. The number of aryl methyl sites for hydroxylation is 2. The van der Waals surface area contributed by atoms with Crippen molar-refractivity contribution in [3.63, 3.8) is 0 Å². The molecule has 1 saturated carbocycles. The average molecular weight is 283 g/mol. The van der Waals surface area contributed by atoms with Crippen LogP contribution < -0.4 is 5.73 Å². The normalized spacial score (nSPS) is 22.4. The Morgan fingerprint density at radius 3 is 2.57 bits per heavy atom. The van der Waals surface area contributed by atoms with Gasteiger partial charge >= 0.3 is 0 Å².